The molecule has 0 aliphatic carbocycles. The molecular weight excluding hydrogens is 380 g/mol. The molecule has 0 fully saturated rings. The van der Waals surface area contributed by atoms with E-state index in [1.165, 1.54) is 4.88 Å². The highest BCUT2D eigenvalue weighted by molar-refractivity contribution is 9.10. The predicted octanol–water partition coefficient (Wildman–Crippen LogP) is 3.06. The number of halogens is 2. The highest BCUT2D eigenvalue weighted by Gasteiger charge is 2.20. The summed E-state index contributed by atoms with van der Waals surface area (Å²) in [6, 6.07) is 2.11. The van der Waals surface area contributed by atoms with Crippen LogP contribution in [0.5, 0.6) is 0 Å². The Kier molecular flexibility index (Phi) is 4.60. The van der Waals surface area contributed by atoms with Crippen molar-refractivity contribution < 1.29 is 0 Å². The minimum Gasteiger partial charge on any atom is -0.271 e. The van der Waals surface area contributed by atoms with Crippen molar-refractivity contribution in [2.75, 3.05) is 0 Å². The summed E-state index contributed by atoms with van der Waals surface area (Å²) in [5.41, 5.74) is 5.00. The monoisotopic (exact) mass is 392 g/mol. The van der Waals surface area contributed by atoms with Crippen molar-refractivity contribution >= 4 is 43.2 Å². The molecule has 3 N–H and O–H groups in total. The standard InChI is InChI=1S/C11H14Br2N4S/c1-6-10(13)9(17(2)16-6)5-8(15-14)11-7(12)3-4-18-11/h3-4,8,15H,5,14H2,1-2H3. The van der Waals surface area contributed by atoms with Crippen LogP contribution in [0.3, 0.4) is 0 Å². The number of hydrazine groups is 1. The van der Waals surface area contributed by atoms with Crippen molar-refractivity contribution in [1.29, 1.82) is 0 Å². The molecule has 0 aromatic carbocycles. The maximum atomic E-state index is 5.68. The lowest BCUT2D eigenvalue weighted by Gasteiger charge is -2.15. The quantitative estimate of drug-likeness (QED) is 0.619. The molecule has 0 saturated heterocycles. The third-order valence-corrected chi connectivity index (χ3v) is 5.84. The lowest BCUT2D eigenvalue weighted by Crippen LogP contribution is -2.29. The van der Waals surface area contributed by atoms with Crippen LogP contribution < -0.4 is 11.3 Å². The molecule has 0 aliphatic rings. The number of hydrogen-bond acceptors (Lipinski definition) is 4. The fraction of sp³-hybridized carbons (Fsp3) is 0.364. The Balaban J connectivity index is 2.29. The molecular formula is C11H14Br2N4S. The summed E-state index contributed by atoms with van der Waals surface area (Å²) in [5.74, 6) is 5.68. The summed E-state index contributed by atoms with van der Waals surface area (Å²) in [6.45, 7) is 1.99. The van der Waals surface area contributed by atoms with E-state index >= 15 is 0 Å². The number of nitrogens with zero attached hydrogens (tertiary/aromatic N) is 2. The number of thiophene rings is 1. The van der Waals surface area contributed by atoms with Gasteiger partial charge in [-0.05, 0) is 50.2 Å². The average Bonchev–Trinajstić information content (AvgIpc) is 2.84. The van der Waals surface area contributed by atoms with Crippen LogP contribution in [0.1, 0.15) is 22.3 Å². The van der Waals surface area contributed by atoms with E-state index in [2.05, 4.69) is 42.4 Å². The van der Waals surface area contributed by atoms with Gasteiger partial charge in [-0.2, -0.15) is 5.10 Å². The van der Waals surface area contributed by atoms with Gasteiger partial charge in [0.2, 0.25) is 0 Å². The smallest absolute Gasteiger partial charge is 0.0738 e. The zero-order valence-corrected chi connectivity index (χ0v) is 14.1. The van der Waals surface area contributed by atoms with Crippen LogP contribution in [0.2, 0.25) is 0 Å². The summed E-state index contributed by atoms with van der Waals surface area (Å²) in [6.07, 6.45) is 0.785. The van der Waals surface area contributed by atoms with Gasteiger partial charge in [0.05, 0.1) is 21.9 Å². The molecule has 0 aliphatic heterocycles. The maximum Gasteiger partial charge on any atom is 0.0738 e. The van der Waals surface area contributed by atoms with Crippen LogP contribution in [0, 0.1) is 6.92 Å². The Morgan fingerprint density at radius 2 is 2.28 bits per heavy atom. The predicted molar refractivity (Wildman–Crippen MR) is 81.4 cm³/mol. The average molecular weight is 394 g/mol. The van der Waals surface area contributed by atoms with Gasteiger partial charge in [-0.3, -0.25) is 16.0 Å². The van der Waals surface area contributed by atoms with Gasteiger partial charge < -0.3 is 0 Å². The van der Waals surface area contributed by atoms with Gasteiger partial charge in [0.25, 0.3) is 0 Å². The first-order valence-corrected chi connectivity index (χ1v) is 7.88. The maximum absolute atomic E-state index is 5.68. The van der Waals surface area contributed by atoms with Gasteiger partial charge in [-0.25, -0.2) is 0 Å². The first kappa shape index (κ1) is 14.2. The number of aryl methyl sites for hydroxylation is 2. The molecule has 0 radical (unpaired) electrons. The Labute approximate surface area is 127 Å². The molecule has 98 valence electrons. The SMILES string of the molecule is Cc1nn(C)c(CC(NN)c2sccc2Br)c1Br. The third-order valence-electron chi connectivity index (χ3n) is 2.82. The lowest BCUT2D eigenvalue weighted by molar-refractivity contribution is 0.535. The normalized spacial score (nSPS) is 12.9. The van der Waals surface area contributed by atoms with Crippen LogP contribution in [-0.2, 0) is 13.5 Å². The minimum absolute atomic E-state index is 0.0745. The summed E-state index contributed by atoms with van der Waals surface area (Å²) < 4.78 is 4.04. The van der Waals surface area contributed by atoms with Crippen LogP contribution in [0.25, 0.3) is 0 Å². The highest BCUT2D eigenvalue weighted by atomic mass is 79.9. The van der Waals surface area contributed by atoms with E-state index in [9.17, 15) is 0 Å². The Bertz CT molecular complexity index is 549. The van der Waals surface area contributed by atoms with E-state index < -0.39 is 0 Å². The summed E-state index contributed by atoms with van der Waals surface area (Å²) in [7, 11) is 1.95. The number of nitrogens with one attached hydrogen (secondary N) is 1. The Hall–Kier alpha value is -0.210. The first-order valence-electron chi connectivity index (χ1n) is 5.41. The van der Waals surface area contributed by atoms with E-state index in [4.69, 9.17) is 5.84 Å². The number of rotatable bonds is 4. The fourth-order valence-corrected chi connectivity index (χ4v) is 4.09. The molecule has 0 spiro atoms. The lowest BCUT2D eigenvalue weighted by atomic mass is 10.1. The van der Waals surface area contributed by atoms with Crippen LogP contribution in [0.15, 0.2) is 20.4 Å². The number of nitrogens with two attached hydrogens (primary N) is 1. The molecule has 1 unspecified atom stereocenters. The molecule has 2 heterocycles. The third kappa shape index (κ3) is 2.70. The summed E-state index contributed by atoms with van der Waals surface area (Å²) >= 11 is 8.81. The van der Waals surface area contributed by atoms with Crippen LogP contribution in [-0.4, -0.2) is 9.78 Å². The number of aromatic nitrogens is 2. The van der Waals surface area contributed by atoms with Crippen molar-refractivity contribution in [3.8, 4) is 0 Å². The van der Waals surface area contributed by atoms with E-state index in [0.29, 0.717) is 0 Å². The van der Waals surface area contributed by atoms with Gasteiger partial charge in [0.1, 0.15) is 0 Å². The van der Waals surface area contributed by atoms with Crippen molar-refractivity contribution in [1.82, 2.24) is 15.2 Å². The van der Waals surface area contributed by atoms with Crippen molar-refractivity contribution in [3.05, 3.63) is 36.7 Å². The minimum atomic E-state index is 0.0745. The molecule has 0 saturated carbocycles. The molecule has 18 heavy (non-hydrogen) atoms. The zero-order chi connectivity index (χ0) is 13.3. The molecule has 2 aromatic rings. The van der Waals surface area contributed by atoms with Crippen molar-refractivity contribution in [3.63, 3.8) is 0 Å². The van der Waals surface area contributed by atoms with Gasteiger partial charge in [-0.15, -0.1) is 11.3 Å². The zero-order valence-electron chi connectivity index (χ0n) is 10.1. The Morgan fingerprint density at radius 1 is 1.56 bits per heavy atom. The molecule has 2 aromatic heterocycles. The molecule has 2 rings (SSSR count). The summed E-state index contributed by atoms with van der Waals surface area (Å²) in [4.78, 5) is 1.20. The van der Waals surface area contributed by atoms with E-state index in [0.717, 1.165) is 26.8 Å². The molecule has 1 atom stereocenters. The number of hydrogen-bond donors (Lipinski definition) is 2. The molecule has 4 nitrogen and oxygen atoms in total. The second-order valence-corrected chi connectivity index (χ2v) is 6.62. The van der Waals surface area contributed by atoms with Gasteiger partial charge in [-0.1, -0.05) is 0 Å². The molecule has 7 heteroatoms. The Morgan fingerprint density at radius 3 is 2.72 bits per heavy atom. The van der Waals surface area contributed by atoms with Gasteiger partial charge in [0.15, 0.2) is 0 Å². The van der Waals surface area contributed by atoms with Crippen LogP contribution >= 0.6 is 43.2 Å². The van der Waals surface area contributed by atoms with Crippen LogP contribution in [0.4, 0.5) is 0 Å². The first-order chi connectivity index (χ1) is 8.54. The van der Waals surface area contributed by atoms with E-state index in [-0.39, 0.29) is 6.04 Å². The van der Waals surface area contributed by atoms with Gasteiger partial charge in [0, 0.05) is 22.8 Å². The summed E-state index contributed by atoms with van der Waals surface area (Å²) in [5, 5.41) is 6.44. The second kappa shape index (κ2) is 5.83. The topological polar surface area (TPSA) is 55.9 Å². The second-order valence-electron chi connectivity index (χ2n) is 4.03. The van der Waals surface area contributed by atoms with Crippen molar-refractivity contribution in [2.24, 2.45) is 12.9 Å². The molecule has 0 amide bonds. The largest absolute Gasteiger partial charge is 0.271 e. The van der Waals surface area contributed by atoms with E-state index in [1.807, 2.05) is 30.1 Å². The highest BCUT2D eigenvalue weighted by Crippen LogP contribution is 2.32. The fourth-order valence-electron chi connectivity index (χ4n) is 1.88. The van der Waals surface area contributed by atoms with Gasteiger partial charge >= 0.3 is 0 Å². The molecule has 0 bridgehead atoms. The van der Waals surface area contributed by atoms with Crippen molar-refractivity contribution in [2.45, 2.75) is 19.4 Å². The van der Waals surface area contributed by atoms with E-state index in [1.54, 1.807) is 11.3 Å².